The fourth-order valence-electron chi connectivity index (χ4n) is 2.52. The molecule has 3 aromatic rings. The van der Waals surface area contributed by atoms with Crippen LogP contribution in [-0.2, 0) is 0 Å². The summed E-state index contributed by atoms with van der Waals surface area (Å²) in [5.74, 6) is 0.433. The summed E-state index contributed by atoms with van der Waals surface area (Å²) < 4.78 is 5.50. The number of rotatable bonds is 7. The number of hydrogen-bond donors (Lipinski definition) is 3. The van der Waals surface area contributed by atoms with Crippen LogP contribution < -0.4 is 15.6 Å². The number of carbonyl (C=O) groups is 1. The molecule has 3 N–H and O–H groups in total. The average Bonchev–Trinajstić information content (AvgIpc) is 3.17. The minimum Gasteiger partial charge on any atom is -0.494 e. The Balaban J connectivity index is 1.64. The molecule has 0 radical (unpaired) electrons. The van der Waals surface area contributed by atoms with Gasteiger partial charge in [-0.05, 0) is 37.6 Å². The topological polar surface area (TPSA) is 79.0 Å². The highest BCUT2D eigenvalue weighted by molar-refractivity contribution is 5.93. The lowest BCUT2D eigenvalue weighted by Gasteiger charge is -2.10. The molecule has 138 valence electrons. The predicted octanol–water partition coefficient (Wildman–Crippen LogP) is 3.69. The van der Waals surface area contributed by atoms with Gasteiger partial charge in [-0.2, -0.15) is 5.10 Å². The van der Waals surface area contributed by atoms with Gasteiger partial charge in [-0.15, -0.1) is 0 Å². The normalized spacial score (nSPS) is 10.3. The van der Waals surface area contributed by atoms with Gasteiger partial charge in [0.1, 0.15) is 11.4 Å². The lowest BCUT2D eigenvalue weighted by atomic mass is 10.1. The van der Waals surface area contributed by atoms with Crippen molar-refractivity contribution in [2.75, 3.05) is 6.61 Å². The summed E-state index contributed by atoms with van der Waals surface area (Å²) in [4.78, 5) is 12.3. The van der Waals surface area contributed by atoms with Crippen LogP contribution in [0, 0.1) is 6.92 Å². The van der Waals surface area contributed by atoms with E-state index >= 15 is 0 Å². The van der Waals surface area contributed by atoms with Crippen LogP contribution in [-0.4, -0.2) is 22.7 Å². The number of ether oxygens (including phenoxy) is 1. The highest BCUT2D eigenvalue weighted by atomic mass is 16.5. The smallest absolute Gasteiger partial charge is 0.287 e. The Morgan fingerprint density at radius 1 is 1.15 bits per heavy atom. The number of H-pyrrole nitrogens is 1. The fraction of sp³-hybridized carbons (Fsp3) is 0.143. The van der Waals surface area contributed by atoms with Gasteiger partial charge < -0.3 is 4.74 Å². The lowest BCUT2D eigenvalue weighted by Crippen LogP contribution is -2.36. The molecule has 2 aromatic carbocycles. The number of nitrogens with zero attached hydrogens (tertiary/aromatic N) is 1. The number of aryl methyl sites for hydroxylation is 1. The first-order valence-electron chi connectivity index (χ1n) is 8.67. The molecule has 0 fully saturated rings. The first-order chi connectivity index (χ1) is 13.1. The van der Waals surface area contributed by atoms with E-state index in [0.29, 0.717) is 23.7 Å². The van der Waals surface area contributed by atoms with Crippen molar-refractivity contribution < 1.29 is 9.53 Å². The van der Waals surface area contributed by atoms with Gasteiger partial charge in [-0.25, -0.2) is 0 Å². The monoisotopic (exact) mass is 362 g/mol. The number of nitrogens with one attached hydrogen (secondary N) is 3. The molecule has 0 atom stereocenters. The molecular weight excluding hydrogens is 340 g/mol. The van der Waals surface area contributed by atoms with E-state index in [0.717, 1.165) is 22.4 Å². The largest absolute Gasteiger partial charge is 0.494 e. The molecule has 1 amide bonds. The Bertz CT molecular complexity index is 945. The van der Waals surface area contributed by atoms with E-state index < -0.39 is 0 Å². The molecule has 0 spiro atoms. The summed E-state index contributed by atoms with van der Waals surface area (Å²) in [5, 5.41) is 6.97. The first kappa shape index (κ1) is 18.3. The van der Waals surface area contributed by atoms with Crippen molar-refractivity contribution in [1.29, 1.82) is 0 Å². The van der Waals surface area contributed by atoms with E-state index in [1.165, 1.54) is 0 Å². The van der Waals surface area contributed by atoms with Gasteiger partial charge >= 0.3 is 0 Å². The molecule has 0 saturated heterocycles. The molecule has 6 nitrogen and oxygen atoms in total. The van der Waals surface area contributed by atoms with E-state index in [1.807, 2.05) is 62.4 Å². The summed E-state index contributed by atoms with van der Waals surface area (Å²) in [6.07, 6.45) is 0. The third kappa shape index (κ3) is 4.55. The second-order valence-corrected chi connectivity index (χ2v) is 6.05. The second-order valence-electron chi connectivity index (χ2n) is 6.05. The summed E-state index contributed by atoms with van der Waals surface area (Å²) in [7, 11) is 0. The van der Waals surface area contributed by atoms with Crippen molar-refractivity contribution in [3.8, 4) is 17.0 Å². The van der Waals surface area contributed by atoms with Crippen LogP contribution in [0.25, 0.3) is 17.0 Å². The van der Waals surface area contributed by atoms with Gasteiger partial charge in [-0.3, -0.25) is 20.7 Å². The third-order valence-electron chi connectivity index (χ3n) is 3.99. The van der Waals surface area contributed by atoms with Crippen LogP contribution in [0.5, 0.6) is 5.75 Å². The fourth-order valence-corrected chi connectivity index (χ4v) is 2.52. The molecule has 27 heavy (non-hydrogen) atoms. The molecule has 1 heterocycles. The van der Waals surface area contributed by atoms with Crippen molar-refractivity contribution in [2.45, 2.75) is 13.8 Å². The summed E-state index contributed by atoms with van der Waals surface area (Å²) in [6.45, 7) is 8.47. The number of amides is 1. The van der Waals surface area contributed by atoms with Crippen LogP contribution in [0.2, 0.25) is 0 Å². The second kappa shape index (κ2) is 8.23. The molecule has 0 aliphatic heterocycles. The van der Waals surface area contributed by atoms with Gasteiger partial charge in [0.2, 0.25) is 0 Å². The van der Waals surface area contributed by atoms with E-state index in [-0.39, 0.29) is 5.91 Å². The van der Waals surface area contributed by atoms with Gasteiger partial charge in [0.05, 0.1) is 18.0 Å². The quantitative estimate of drug-likeness (QED) is 0.560. The zero-order valence-electron chi connectivity index (χ0n) is 15.4. The van der Waals surface area contributed by atoms with Crippen LogP contribution >= 0.6 is 0 Å². The van der Waals surface area contributed by atoms with Crippen LogP contribution in [0.3, 0.4) is 0 Å². The van der Waals surface area contributed by atoms with Crippen molar-refractivity contribution in [3.63, 3.8) is 0 Å². The van der Waals surface area contributed by atoms with E-state index in [9.17, 15) is 4.79 Å². The van der Waals surface area contributed by atoms with E-state index in [2.05, 4.69) is 27.6 Å². The molecule has 0 saturated carbocycles. The minimum atomic E-state index is -0.331. The summed E-state index contributed by atoms with van der Waals surface area (Å²) in [6, 6.07) is 17.1. The molecule has 0 aliphatic carbocycles. The molecule has 0 bridgehead atoms. The van der Waals surface area contributed by atoms with Crippen molar-refractivity contribution >= 4 is 11.6 Å². The molecule has 0 aliphatic rings. The van der Waals surface area contributed by atoms with Gasteiger partial charge in [0.15, 0.2) is 0 Å². The van der Waals surface area contributed by atoms with Gasteiger partial charge in [0.25, 0.3) is 5.91 Å². The number of aromatic nitrogens is 2. The summed E-state index contributed by atoms with van der Waals surface area (Å²) in [5.41, 5.74) is 10.00. The average molecular weight is 362 g/mol. The van der Waals surface area contributed by atoms with Crippen molar-refractivity contribution in [1.82, 2.24) is 21.0 Å². The molecule has 3 rings (SSSR count). The SMILES string of the molecule is C=C(NNC(=O)c1cc(-c2cccc(OCC)c2)n[nH]1)c1ccc(C)cc1. The van der Waals surface area contributed by atoms with E-state index in [4.69, 9.17) is 4.74 Å². The first-order valence-corrected chi connectivity index (χ1v) is 8.67. The maximum atomic E-state index is 12.3. The van der Waals surface area contributed by atoms with Gasteiger partial charge in [0, 0.05) is 5.56 Å². The Kier molecular flexibility index (Phi) is 5.56. The number of carbonyl (C=O) groups excluding carboxylic acids is 1. The van der Waals surface area contributed by atoms with E-state index in [1.54, 1.807) is 6.07 Å². The Morgan fingerprint density at radius 2 is 1.93 bits per heavy atom. The van der Waals surface area contributed by atoms with Gasteiger partial charge in [-0.1, -0.05) is 48.5 Å². The highest BCUT2D eigenvalue weighted by Crippen LogP contribution is 2.22. The number of aromatic amines is 1. The Hall–Kier alpha value is -3.54. The standard InChI is InChI=1S/C21H22N4O2/c1-4-27-18-7-5-6-17(12-18)19-13-20(24-23-19)21(26)25-22-15(3)16-10-8-14(2)9-11-16/h5-13,22H,3-4H2,1-2H3,(H,23,24)(H,25,26). The maximum absolute atomic E-state index is 12.3. The van der Waals surface area contributed by atoms with Crippen molar-refractivity contribution in [3.05, 3.63) is 78.0 Å². The van der Waals surface area contributed by atoms with Crippen LogP contribution in [0.15, 0.2) is 61.2 Å². The van der Waals surface area contributed by atoms with Crippen molar-refractivity contribution in [2.24, 2.45) is 0 Å². The zero-order valence-corrected chi connectivity index (χ0v) is 15.4. The molecule has 0 unspecified atom stereocenters. The lowest BCUT2D eigenvalue weighted by molar-refractivity contribution is 0.0937. The zero-order chi connectivity index (χ0) is 19.2. The predicted molar refractivity (Wildman–Crippen MR) is 106 cm³/mol. The summed E-state index contributed by atoms with van der Waals surface area (Å²) >= 11 is 0. The number of benzene rings is 2. The Labute approximate surface area is 158 Å². The number of hydrogen-bond acceptors (Lipinski definition) is 4. The molecule has 6 heteroatoms. The molecular formula is C21H22N4O2. The maximum Gasteiger partial charge on any atom is 0.287 e. The number of hydrazine groups is 1. The van der Waals surface area contributed by atoms with Crippen LogP contribution in [0.1, 0.15) is 28.5 Å². The molecule has 1 aromatic heterocycles. The highest BCUT2D eigenvalue weighted by Gasteiger charge is 2.12. The Morgan fingerprint density at radius 3 is 2.67 bits per heavy atom. The van der Waals surface area contributed by atoms with Crippen LogP contribution in [0.4, 0.5) is 0 Å². The third-order valence-corrected chi connectivity index (χ3v) is 3.99. The minimum absolute atomic E-state index is 0.331.